The van der Waals surface area contributed by atoms with Crippen LogP contribution in [0.4, 0.5) is 0 Å². The highest BCUT2D eigenvalue weighted by Crippen LogP contribution is 2.28. The number of carbonyl (C=O) groups is 1. The van der Waals surface area contributed by atoms with Crippen LogP contribution in [0.2, 0.25) is 58.9 Å². The van der Waals surface area contributed by atoms with E-state index in [-0.39, 0.29) is 0 Å². The summed E-state index contributed by atoms with van der Waals surface area (Å²) in [4.78, 5) is 11.7. The van der Waals surface area contributed by atoms with Crippen molar-refractivity contribution in [2.75, 3.05) is 0 Å². The molecular weight excluding hydrogens is 373 g/mol. The molecule has 0 aromatic carbocycles. The van der Waals surface area contributed by atoms with Crippen LogP contribution in [0.1, 0.15) is 6.42 Å². The maximum Gasteiger partial charge on any atom is 0.332 e. The summed E-state index contributed by atoms with van der Waals surface area (Å²) in [5.74, 6) is -0.483. The maximum atomic E-state index is 11.7. The molecule has 0 heterocycles. The second-order valence-electron chi connectivity index (χ2n) is 9.07. The molecule has 0 radical (unpaired) electrons. The fraction of sp³-hybridized carbons (Fsp3) is 0.800. The van der Waals surface area contributed by atoms with Gasteiger partial charge in [-0.2, -0.15) is 0 Å². The molecule has 0 aromatic heterocycles. The van der Waals surface area contributed by atoms with E-state index in [1.54, 1.807) is 0 Å². The Bertz CT molecular complexity index is 419. The third-order valence-corrected chi connectivity index (χ3v) is 7.17. The van der Waals surface area contributed by atoms with Gasteiger partial charge in [-0.1, -0.05) is 6.58 Å². The molecule has 0 amide bonds. The van der Waals surface area contributed by atoms with E-state index in [1.807, 2.05) is 0 Å². The summed E-state index contributed by atoms with van der Waals surface area (Å²) in [6.07, 6.45) is 0.887. The first-order chi connectivity index (χ1) is 10.4. The van der Waals surface area contributed by atoms with Crippen LogP contribution >= 0.6 is 0 Å². The molecule has 1 unspecified atom stereocenters. The Morgan fingerprint density at radius 2 is 1.42 bits per heavy atom. The van der Waals surface area contributed by atoms with Crippen LogP contribution in [0.3, 0.4) is 0 Å². The van der Waals surface area contributed by atoms with Crippen molar-refractivity contribution in [1.82, 2.24) is 0 Å². The molecule has 0 N–H and O–H groups in total. The van der Waals surface area contributed by atoms with E-state index in [2.05, 4.69) is 65.5 Å². The van der Waals surface area contributed by atoms with E-state index < -0.39 is 42.6 Å². The smallest absolute Gasteiger partial charge is 0.332 e. The van der Waals surface area contributed by atoms with Crippen molar-refractivity contribution >= 4 is 41.2 Å². The Labute approximate surface area is 153 Å². The molecule has 24 heavy (non-hydrogen) atoms. The molecule has 0 fully saturated rings. The predicted molar refractivity (Wildman–Crippen MR) is 111 cm³/mol. The maximum absolute atomic E-state index is 11.7. The van der Waals surface area contributed by atoms with Crippen molar-refractivity contribution in [3.05, 3.63) is 12.7 Å². The molecule has 1 atom stereocenters. The Morgan fingerprint density at radius 3 is 1.71 bits per heavy atom. The molecule has 0 rings (SSSR count). The predicted octanol–water partition coefficient (Wildman–Crippen LogP) is 3.01. The van der Waals surface area contributed by atoms with Crippen LogP contribution in [0.5, 0.6) is 0 Å². The molecule has 9 heteroatoms. The summed E-state index contributed by atoms with van der Waals surface area (Å²) in [7, 11) is -4.91. The van der Waals surface area contributed by atoms with Gasteiger partial charge < -0.3 is 18.0 Å². The van der Waals surface area contributed by atoms with Crippen molar-refractivity contribution in [1.29, 1.82) is 0 Å². The van der Waals surface area contributed by atoms with Gasteiger partial charge in [0.25, 0.3) is 0 Å². The molecule has 0 aliphatic heterocycles. The first kappa shape index (κ1) is 24.0. The summed E-state index contributed by atoms with van der Waals surface area (Å²) in [6, 6.07) is 0. The largest absolute Gasteiger partial charge is 0.433 e. The van der Waals surface area contributed by atoms with Gasteiger partial charge in [0.15, 0.2) is 31.2 Å². The summed E-state index contributed by atoms with van der Waals surface area (Å²) >= 11 is 0. The minimum absolute atomic E-state index is 0.400. The highest BCUT2D eigenvalue weighted by Gasteiger charge is 2.40. The molecule has 0 aromatic rings. The van der Waals surface area contributed by atoms with Crippen molar-refractivity contribution in [2.24, 2.45) is 0 Å². The van der Waals surface area contributed by atoms with Crippen molar-refractivity contribution < 1.29 is 22.8 Å². The molecule has 0 saturated heterocycles. The number of hydrogen-bond donors (Lipinski definition) is 0. The lowest BCUT2D eigenvalue weighted by molar-refractivity contribution is -0.174. The minimum Gasteiger partial charge on any atom is -0.433 e. The van der Waals surface area contributed by atoms with Gasteiger partial charge in [-0.15, -0.1) is 0 Å². The molecule has 0 bridgehead atoms. The summed E-state index contributed by atoms with van der Waals surface area (Å²) in [5, 5.41) is 0. The van der Waals surface area contributed by atoms with Crippen LogP contribution in [0.15, 0.2) is 12.7 Å². The Balaban J connectivity index is 5.46. The summed E-state index contributed by atoms with van der Waals surface area (Å²) in [6.45, 7) is 22.5. The van der Waals surface area contributed by atoms with E-state index in [0.29, 0.717) is 16.7 Å². The van der Waals surface area contributed by atoms with Gasteiger partial charge >= 0.3 is 5.97 Å². The molecule has 0 aliphatic carbocycles. The zero-order valence-corrected chi connectivity index (χ0v) is 22.1. The number of ether oxygens (including phenoxy) is 1. The fourth-order valence-electron chi connectivity index (χ4n) is 2.38. The Morgan fingerprint density at radius 1 is 1.00 bits per heavy atom. The minimum atomic E-state index is -1.90. The Kier molecular flexibility index (Phi) is 8.55. The normalized spacial score (nSPS) is 15.2. The van der Waals surface area contributed by atoms with Crippen molar-refractivity contribution in [3.8, 4) is 0 Å². The lowest BCUT2D eigenvalue weighted by Gasteiger charge is -2.42. The van der Waals surface area contributed by atoms with Crippen LogP contribution in [0, 0.1) is 0 Å². The molecule has 0 spiro atoms. The first-order valence-electron chi connectivity index (χ1n) is 8.36. The van der Waals surface area contributed by atoms with Gasteiger partial charge in [-0.3, -0.25) is 0 Å². The molecule has 142 valence electrons. The SMILES string of the molecule is C=CC(=O)OC(CC([SiH3])(O[Si](C)(C)C)O[Si](C)(C)C)O[Si](C)(C)C. The average Bonchev–Trinajstić information content (AvgIpc) is 2.19. The van der Waals surface area contributed by atoms with Crippen LogP contribution in [-0.2, 0) is 22.8 Å². The van der Waals surface area contributed by atoms with E-state index in [4.69, 9.17) is 18.0 Å². The van der Waals surface area contributed by atoms with E-state index >= 15 is 0 Å². The van der Waals surface area contributed by atoms with Crippen molar-refractivity contribution in [2.45, 2.75) is 77.0 Å². The lowest BCUT2D eigenvalue weighted by atomic mass is 10.4. The second-order valence-corrected chi connectivity index (χ2v) is 23.9. The molecular formula is C15H36O5Si4. The van der Waals surface area contributed by atoms with Crippen LogP contribution < -0.4 is 0 Å². The zero-order chi connectivity index (χ0) is 19.4. The molecule has 0 saturated carbocycles. The van der Waals surface area contributed by atoms with Gasteiger partial charge in [-0.05, 0) is 58.9 Å². The average molecular weight is 409 g/mol. The number of hydrogen-bond acceptors (Lipinski definition) is 5. The van der Waals surface area contributed by atoms with Gasteiger partial charge in [-0.25, -0.2) is 4.79 Å². The number of rotatable bonds is 10. The second kappa shape index (κ2) is 8.56. The van der Waals surface area contributed by atoms with E-state index in [1.165, 1.54) is 0 Å². The quantitative estimate of drug-likeness (QED) is 0.241. The summed E-state index contributed by atoms with van der Waals surface area (Å²) < 4.78 is 24.3. The third kappa shape index (κ3) is 12.3. The highest BCUT2D eigenvalue weighted by molar-refractivity contribution is 6.71. The van der Waals surface area contributed by atoms with Gasteiger partial charge in [0, 0.05) is 6.08 Å². The third-order valence-electron chi connectivity index (χ3n) is 2.48. The van der Waals surface area contributed by atoms with E-state index in [0.717, 1.165) is 6.08 Å². The van der Waals surface area contributed by atoms with Crippen LogP contribution in [0.25, 0.3) is 0 Å². The highest BCUT2D eigenvalue weighted by atomic mass is 28.4. The Hall–Kier alpha value is -0.0425. The van der Waals surface area contributed by atoms with Gasteiger partial charge in [0.1, 0.15) is 5.41 Å². The number of esters is 1. The summed E-state index contributed by atoms with van der Waals surface area (Å²) in [5.41, 5.74) is -0.708. The lowest BCUT2D eigenvalue weighted by Crippen LogP contribution is -2.53. The van der Waals surface area contributed by atoms with Crippen LogP contribution in [-0.4, -0.2) is 52.9 Å². The van der Waals surface area contributed by atoms with Crippen molar-refractivity contribution in [3.63, 3.8) is 0 Å². The van der Waals surface area contributed by atoms with Gasteiger partial charge in [0.2, 0.25) is 0 Å². The topological polar surface area (TPSA) is 54.0 Å². The number of carbonyl (C=O) groups excluding carboxylic acids is 1. The van der Waals surface area contributed by atoms with E-state index in [9.17, 15) is 4.79 Å². The zero-order valence-electron chi connectivity index (χ0n) is 17.1. The first-order valence-corrected chi connectivity index (χ1v) is 19.6. The standard InChI is InChI=1S/C15H36O5Si4/c1-11-13(16)17-14(18-22(2,3)4)12-15(21,19-23(5,6)7)20-24(8,9)10/h11,14H,1,12H2,2-10,21H3. The molecule has 5 nitrogen and oxygen atoms in total. The monoisotopic (exact) mass is 408 g/mol. The van der Waals surface area contributed by atoms with Gasteiger partial charge in [0.05, 0.1) is 16.7 Å². The fourth-order valence-corrected chi connectivity index (χ4v) is 10.2. The molecule has 0 aliphatic rings.